The summed E-state index contributed by atoms with van der Waals surface area (Å²) < 4.78 is 5.00. The van der Waals surface area contributed by atoms with Gasteiger partial charge in [-0.05, 0) is 38.1 Å². The van der Waals surface area contributed by atoms with E-state index in [-0.39, 0.29) is 17.5 Å². The molecule has 0 saturated heterocycles. The molecular weight excluding hydrogens is 218 g/mol. The predicted molar refractivity (Wildman–Crippen MR) is 67.0 cm³/mol. The maximum atomic E-state index is 9.66. The van der Waals surface area contributed by atoms with Crippen LogP contribution in [0.1, 0.15) is 24.9 Å². The van der Waals surface area contributed by atoms with Gasteiger partial charge in [-0.1, -0.05) is 6.58 Å². The highest BCUT2D eigenvalue weighted by molar-refractivity contribution is 5.40. The molecule has 0 aliphatic heterocycles. The van der Waals surface area contributed by atoms with Crippen molar-refractivity contribution in [3.63, 3.8) is 0 Å². The fourth-order valence-corrected chi connectivity index (χ4v) is 1.56. The fourth-order valence-electron chi connectivity index (χ4n) is 1.56. The van der Waals surface area contributed by atoms with Gasteiger partial charge in [0.05, 0.1) is 12.9 Å². The average molecular weight is 237 g/mol. The number of phenols is 2. The lowest BCUT2D eigenvalue weighted by Crippen LogP contribution is -2.20. The molecule has 0 fully saturated rings. The number of hydrogen-bond acceptors (Lipinski definition) is 4. The van der Waals surface area contributed by atoms with Gasteiger partial charge in [-0.3, -0.25) is 0 Å². The smallest absolute Gasteiger partial charge is 0.120 e. The van der Waals surface area contributed by atoms with E-state index in [9.17, 15) is 10.2 Å². The maximum absolute atomic E-state index is 9.66. The lowest BCUT2D eigenvalue weighted by atomic mass is 10.1. The van der Waals surface area contributed by atoms with Crippen LogP contribution in [-0.2, 0) is 4.74 Å². The summed E-state index contributed by atoms with van der Waals surface area (Å²) in [6.45, 7) is 6.78. The molecule has 3 N–H and O–H groups in total. The first kappa shape index (κ1) is 13.4. The first-order chi connectivity index (χ1) is 8.15. The van der Waals surface area contributed by atoms with E-state index in [0.717, 1.165) is 13.0 Å². The third-order valence-corrected chi connectivity index (χ3v) is 2.48. The van der Waals surface area contributed by atoms with Crippen molar-refractivity contribution >= 4 is 0 Å². The molecule has 1 atom stereocenters. The highest BCUT2D eigenvalue weighted by atomic mass is 16.5. The van der Waals surface area contributed by atoms with Crippen molar-refractivity contribution in [2.24, 2.45) is 0 Å². The van der Waals surface area contributed by atoms with Crippen molar-refractivity contribution in [1.82, 2.24) is 5.32 Å². The van der Waals surface area contributed by atoms with Crippen LogP contribution in [0.4, 0.5) is 0 Å². The molecule has 0 amide bonds. The quantitative estimate of drug-likeness (QED) is 0.387. The molecule has 0 spiro atoms. The molecule has 94 valence electrons. The highest BCUT2D eigenvalue weighted by Gasteiger charge is 2.10. The summed E-state index contributed by atoms with van der Waals surface area (Å²) >= 11 is 0. The molecule has 1 rings (SSSR count). The van der Waals surface area contributed by atoms with Gasteiger partial charge in [-0.25, -0.2) is 0 Å². The molecule has 1 unspecified atom stereocenters. The largest absolute Gasteiger partial charge is 0.508 e. The monoisotopic (exact) mass is 237 g/mol. The summed E-state index contributed by atoms with van der Waals surface area (Å²) in [4.78, 5) is 0. The fraction of sp³-hybridized carbons (Fsp3) is 0.385. The van der Waals surface area contributed by atoms with Gasteiger partial charge in [-0.2, -0.15) is 0 Å². The Kier molecular flexibility index (Phi) is 5.36. The van der Waals surface area contributed by atoms with Crippen LogP contribution in [0.3, 0.4) is 0 Å². The van der Waals surface area contributed by atoms with Gasteiger partial charge in [0.2, 0.25) is 0 Å². The molecule has 0 bridgehead atoms. The minimum Gasteiger partial charge on any atom is -0.508 e. The Morgan fingerprint density at radius 1 is 1.47 bits per heavy atom. The summed E-state index contributed by atoms with van der Waals surface area (Å²) in [5.41, 5.74) is 0.689. The lowest BCUT2D eigenvalue weighted by Gasteiger charge is -2.15. The number of benzene rings is 1. The summed E-state index contributed by atoms with van der Waals surface area (Å²) in [5.74, 6) is 0.339. The first-order valence-corrected chi connectivity index (χ1v) is 5.63. The summed E-state index contributed by atoms with van der Waals surface area (Å²) in [7, 11) is 0. The normalized spacial score (nSPS) is 12.1. The SMILES string of the molecule is C=COCCCNC(C)c1cc(O)ccc1O. The number of rotatable bonds is 7. The average Bonchev–Trinajstić information content (AvgIpc) is 2.32. The van der Waals surface area contributed by atoms with Crippen molar-refractivity contribution < 1.29 is 14.9 Å². The molecule has 0 heterocycles. The molecule has 4 heteroatoms. The van der Waals surface area contributed by atoms with Crippen molar-refractivity contribution in [3.05, 3.63) is 36.6 Å². The van der Waals surface area contributed by atoms with Crippen molar-refractivity contribution in [2.45, 2.75) is 19.4 Å². The number of phenolic OH excluding ortho intramolecular Hbond substituents is 2. The second-order valence-corrected chi connectivity index (χ2v) is 3.81. The van der Waals surface area contributed by atoms with Crippen LogP contribution in [0.15, 0.2) is 31.0 Å². The Hall–Kier alpha value is -1.68. The molecular formula is C13H19NO3. The van der Waals surface area contributed by atoms with Crippen molar-refractivity contribution in [3.8, 4) is 11.5 Å². The first-order valence-electron chi connectivity index (χ1n) is 5.63. The van der Waals surface area contributed by atoms with E-state index in [1.165, 1.54) is 18.4 Å². The standard InChI is InChI=1S/C13H19NO3/c1-3-17-8-4-7-14-10(2)12-9-11(15)5-6-13(12)16/h3,5-6,9-10,14-16H,1,4,7-8H2,2H3. The molecule has 0 aliphatic carbocycles. The Morgan fingerprint density at radius 3 is 2.94 bits per heavy atom. The maximum Gasteiger partial charge on any atom is 0.120 e. The molecule has 1 aromatic carbocycles. The minimum atomic E-state index is -0.0224. The Balaban J connectivity index is 2.43. The van der Waals surface area contributed by atoms with Crippen molar-refractivity contribution in [2.75, 3.05) is 13.2 Å². The Labute approximate surface area is 102 Å². The number of hydrogen-bond donors (Lipinski definition) is 3. The van der Waals surface area contributed by atoms with Gasteiger partial charge >= 0.3 is 0 Å². The second kappa shape index (κ2) is 6.81. The van der Waals surface area contributed by atoms with E-state index in [2.05, 4.69) is 11.9 Å². The van der Waals surface area contributed by atoms with E-state index in [1.807, 2.05) is 6.92 Å². The molecule has 17 heavy (non-hydrogen) atoms. The van der Waals surface area contributed by atoms with Crippen LogP contribution in [0.25, 0.3) is 0 Å². The second-order valence-electron chi connectivity index (χ2n) is 3.81. The molecule has 4 nitrogen and oxygen atoms in total. The molecule has 0 saturated carbocycles. The molecule has 0 radical (unpaired) electrons. The summed E-state index contributed by atoms with van der Waals surface area (Å²) in [6, 6.07) is 4.49. The Bertz CT molecular complexity index is 366. The molecule has 0 aromatic heterocycles. The van der Waals surface area contributed by atoms with Gasteiger partial charge in [-0.15, -0.1) is 0 Å². The lowest BCUT2D eigenvalue weighted by molar-refractivity contribution is 0.243. The third kappa shape index (κ3) is 4.36. The zero-order valence-corrected chi connectivity index (χ0v) is 10.0. The van der Waals surface area contributed by atoms with Gasteiger partial charge in [0.1, 0.15) is 11.5 Å². The van der Waals surface area contributed by atoms with E-state index in [0.29, 0.717) is 12.2 Å². The minimum absolute atomic E-state index is 0.0224. The van der Waals surface area contributed by atoms with E-state index >= 15 is 0 Å². The van der Waals surface area contributed by atoms with E-state index < -0.39 is 0 Å². The number of ether oxygens (including phenoxy) is 1. The van der Waals surface area contributed by atoms with Gasteiger partial charge in [0.15, 0.2) is 0 Å². The van der Waals surface area contributed by atoms with Crippen LogP contribution < -0.4 is 5.32 Å². The molecule has 1 aromatic rings. The zero-order valence-electron chi connectivity index (χ0n) is 10.0. The van der Waals surface area contributed by atoms with E-state index in [1.54, 1.807) is 6.07 Å². The zero-order chi connectivity index (χ0) is 12.7. The van der Waals surface area contributed by atoms with Gasteiger partial charge in [0, 0.05) is 11.6 Å². The summed E-state index contributed by atoms with van der Waals surface area (Å²) in [5, 5.41) is 22.3. The molecule has 0 aliphatic rings. The van der Waals surface area contributed by atoms with Crippen molar-refractivity contribution in [1.29, 1.82) is 0 Å². The third-order valence-electron chi connectivity index (χ3n) is 2.48. The van der Waals surface area contributed by atoms with Crippen LogP contribution in [0, 0.1) is 0 Å². The van der Waals surface area contributed by atoms with E-state index in [4.69, 9.17) is 4.74 Å². The predicted octanol–water partition coefficient (Wildman–Crippen LogP) is 2.30. The van der Waals surface area contributed by atoms with Crippen LogP contribution in [0.2, 0.25) is 0 Å². The van der Waals surface area contributed by atoms with Gasteiger partial charge in [0.25, 0.3) is 0 Å². The van der Waals surface area contributed by atoms with Gasteiger partial charge < -0.3 is 20.3 Å². The number of aromatic hydroxyl groups is 2. The van der Waals surface area contributed by atoms with Crippen LogP contribution in [-0.4, -0.2) is 23.4 Å². The Morgan fingerprint density at radius 2 is 2.24 bits per heavy atom. The van der Waals surface area contributed by atoms with Crippen LogP contribution >= 0.6 is 0 Å². The van der Waals surface area contributed by atoms with Crippen LogP contribution in [0.5, 0.6) is 11.5 Å². The highest BCUT2D eigenvalue weighted by Crippen LogP contribution is 2.27. The topological polar surface area (TPSA) is 61.7 Å². The summed E-state index contributed by atoms with van der Waals surface area (Å²) in [6.07, 6.45) is 2.28. The number of nitrogens with one attached hydrogen (secondary N) is 1.